The zero-order chi connectivity index (χ0) is 25.2. The van der Waals surface area contributed by atoms with E-state index in [2.05, 4.69) is 17.6 Å². The molecule has 0 saturated heterocycles. The summed E-state index contributed by atoms with van der Waals surface area (Å²) in [5.41, 5.74) is 0.0510. The lowest BCUT2D eigenvalue weighted by atomic mass is 10.1. The molecule has 0 saturated carbocycles. The van der Waals surface area contributed by atoms with E-state index in [1.165, 1.54) is 43.5 Å². The van der Waals surface area contributed by atoms with Crippen molar-refractivity contribution in [2.45, 2.75) is 32.4 Å². The highest BCUT2D eigenvalue weighted by molar-refractivity contribution is 5.97. The summed E-state index contributed by atoms with van der Waals surface area (Å²) in [5.74, 6) is -2.01. The number of hydrogen-bond donors (Lipinski definition) is 2. The van der Waals surface area contributed by atoms with Crippen molar-refractivity contribution < 1.29 is 27.8 Å². The van der Waals surface area contributed by atoms with Crippen LogP contribution in [0.3, 0.4) is 0 Å². The molecule has 8 heteroatoms. The number of carbonyl (C=O) groups excluding carboxylic acids is 2. The number of ether oxygens (including phenoxy) is 2. The molecule has 0 fully saturated rings. The summed E-state index contributed by atoms with van der Waals surface area (Å²) in [6, 6.07) is 15.9. The maximum atomic E-state index is 14.2. The van der Waals surface area contributed by atoms with Gasteiger partial charge in [-0.05, 0) is 48.4 Å². The predicted octanol–water partition coefficient (Wildman–Crippen LogP) is 5.40. The zero-order valence-corrected chi connectivity index (χ0v) is 19.6. The molecule has 0 atom stereocenters. The third-order valence-electron chi connectivity index (χ3n) is 5.31. The standard InChI is InChI=1S/C27H28F2N2O4/c1-3-4-9-16-35-24-17-18(14-15-23(24)34-2)25(30-26(32)19-10-5-7-12-21(19)28)31-27(33)20-11-6-8-13-22(20)29/h5-8,10-15,17,25H,3-4,9,16H2,1-2H3,(H,30,32)(H,31,33). The number of amides is 2. The molecular formula is C27H28F2N2O4. The Morgan fingerprint density at radius 3 is 1.91 bits per heavy atom. The van der Waals surface area contributed by atoms with E-state index in [1.54, 1.807) is 18.2 Å². The molecule has 3 rings (SSSR count). The molecule has 0 bridgehead atoms. The molecule has 35 heavy (non-hydrogen) atoms. The van der Waals surface area contributed by atoms with Crippen LogP contribution in [0.5, 0.6) is 11.5 Å². The van der Waals surface area contributed by atoms with E-state index < -0.39 is 29.6 Å². The van der Waals surface area contributed by atoms with Gasteiger partial charge in [-0.25, -0.2) is 8.78 Å². The minimum Gasteiger partial charge on any atom is -0.493 e. The van der Waals surface area contributed by atoms with Gasteiger partial charge in [-0.3, -0.25) is 9.59 Å². The molecule has 3 aromatic rings. The molecule has 2 N–H and O–H groups in total. The van der Waals surface area contributed by atoms with E-state index >= 15 is 0 Å². The second-order valence-corrected chi connectivity index (χ2v) is 7.81. The van der Waals surface area contributed by atoms with Gasteiger partial charge in [0.15, 0.2) is 11.5 Å². The van der Waals surface area contributed by atoms with Crippen LogP contribution in [0, 0.1) is 11.6 Å². The summed E-state index contributed by atoms with van der Waals surface area (Å²) in [6.07, 6.45) is 1.77. The molecule has 184 valence electrons. The topological polar surface area (TPSA) is 76.7 Å². The largest absolute Gasteiger partial charge is 0.493 e. The number of halogens is 2. The van der Waals surface area contributed by atoms with Gasteiger partial charge in [0.25, 0.3) is 11.8 Å². The first-order chi connectivity index (χ1) is 16.9. The van der Waals surface area contributed by atoms with Crippen LogP contribution in [-0.4, -0.2) is 25.5 Å². The second kappa shape index (κ2) is 12.5. The summed E-state index contributed by atoms with van der Waals surface area (Å²) in [7, 11) is 1.51. The fraction of sp³-hybridized carbons (Fsp3) is 0.259. The summed E-state index contributed by atoms with van der Waals surface area (Å²) < 4.78 is 39.6. The van der Waals surface area contributed by atoms with Crippen molar-refractivity contribution >= 4 is 11.8 Å². The highest BCUT2D eigenvalue weighted by Crippen LogP contribution is 2.30. The van der Waals surface area contributed by atoms with Crippen LogP contribution in [0.1, 0.15) is 58.6 Å². The Bertz CT molecular complexity index is 1110. The van der Waals surface area contributed by atoms with E-state index in [4.69, 9.17) is 9.47 Å². The molecule has 3 aromatic carbocycles. The van der Waals surface area contributed by atoms with Crippen LogP contribution < -0.4 is 20.1 Å². The normalized spacial score (nSPS) is 10.7. The van der Waals surface area contributed by atoms with Crippen molar-refractivity contribution in [1.29, 1.82) is 0 Å². The molecule has 0 aliphatic rings. The van der Waals surface area contributed by atoms with Gasteiger partial charge in [-0.2, -0.15) is 0 Å². The van der Waals surface area contributed by atoms with Crippen molar-refractivity contribution in [3.8, 4) is 11.5 Å². The number of nitrogens with one attached hydrogen (secondary N) is 2. The first-order valence-electron chi connectivity index (χ1n) is 11.4. The number of methoxy groups -OCH3 is 1. The van der Waals surface area contributed by atoms with Crippen molar-refractivity contribution in [1.82, 2.24) is 10.6 Å². The first kappa shape index (κ1) is 25.7. The van der Waals surface area contributed by atoms with Gasteiger partial charge in [-0.15, -0.1) is 0 Å². The Hall–Kier alpha value is -3.94. The zero-order valence-electron chi connectivity index (χ0n) is 19.6. The SMILES string of the molecule is CCCCCOc1cc(C(NC(=O)c2ccccc2F)NC(=O)c2ccccc2F)ccc1OC. The van der Waals surface area contributed by atoms with Crippen molar-refractivity contribution in [2.75, 3.05) is 13.7 Å². The number of unbranched alkanes of at least 4 members (excludes halogenated alkanes) is 2. The van der Waals surface area contributed by atoms with Gasteiger partial charge < -0.3 is 20.1 Å². The molecule has 6 nitrogen and oxygen atoms in total. The summed E-state index contributed by atoms with van der Waals surface area (Å²) in [4.78, 5) is 25.7. The van der Waals surface area contributed by atoms with E-state index in [0.717, 1.165) is 31.4 Å². The molecule has 0 aromatic heterocycles. The molecular weight excluding hydrogens is 454 g/mol. The van der Waals surface area contributed by atoms with Gasteiger partial charge in [0, 0.05) is 0 Å². The Labute approximate surface area is 203 Å². The molecule has 0 radical (unpaired) electrons. The van der Waals surface area contributed by atoms with Crippen LogP contribution >= 0.6 is 0 Å². The molecule has 0 unspecified atom stereocenters. The van der Waals surface area contributed by atoms with Gasteiger partial charge >= 0.3 is 0 Å². The van der Waals surface area contributed by atoms with Crippen LogP contribution in [0.4, 0.5) is 8.78 Å². The Kier molecular flexibility index (Phi) is 9.17. The van der Waals surface area contributed by atoms with E-state index in [-0.39, 0.29) is 11.1 Å². The Morgan fingerprint density at radius 2 is 1.40 bits per heavy atom. The number of rotatable bonds is 11. The van der Waals surface area contributed by atoms with E-state index in [9.17, 15) is 18.4 Å². The van der Waals surface area contributed by atoms with E-state index in [1.807, 2.05) is 0 Å². The fourth-order valence-corrected chi connectivity index (χ4v) is 3.43. The van der Waals surface area contributed by atoms with Gasteiger partial charge in [0.05, 0.1) is 24.8 Å². The van der Waals surface area contributed by atoms with Crippen molar-refractivity contribution in [2.24, 2.45) is 0 Å². The van der Waals surface area contributed by atoms with Crippen molar-refractivity contribution in [3.63, 3.8) is 0 Å². The third kappa shape index (κ3) is 6.79. The molecule has 0 aliphatic carbocycles. The van der Waals surface area contributed by atoms with Gasteiger partial charge in [-0.1, -0.05) is 50.1 Å². The average Bonchev–Trinajstić information content (AvgIpc) is 2.86. The fourth-order valence-electron chi connectivity index (χ4n) is 3.43. The van der Waals surface area contributed by atoms with Crippen LogP contribution in [0.2, 0.25) is 0 Å². The highest BCUT2D eigenvalue weighted by Gasteiger charge is 2.23. The lowest BCUT2D eigenvalue weighted by Gasteiger charge is -2.22. The number of carbonyl (C=O) groups is 2. The highest BCUT2D eigenvalue weighted by atomic mass is 19.1. The quantitative estimate of drug-likeness (QED) is 0.283. The summed E-state index contributed by atoms with van der Waals surface area (Å²) in [6.45, 7) is 2.55. The monoisotopic (exact) mass is 482 g/mol. The minimum atomic E-state index is -1.11. The van der Waals surface area contributed by atoms with Crippen molar-refractivity contribution in [3.05, 3.63) is 95.1 Å². The lowest BCUT2D eigenvalue weighted by molar-refractivity contribution is 0.0879. The van der Waals surface area contributed by atoms with Gasteiger partial charge in [0.1, 0.15) is 17.8 Å². The van der Waals surface area contributed by atoms with Crippen LogP contribution in [0.15, 0.2) is 66.7 Å². The third-order valence-corrected chi connectivity index (χ3v) is 5.31. The summed E-state index contributed by atoms with van der Waals surface area (Å²) in [5, 5.41) is 5.24. The number of benzene rings is 3. The Balaban J connectivity index is 1.92. The average molecular weight is 483 g/mol. The second-order valence-electron chi connectivity index (χ2n) is 7.81. The van der Waals surface area contributed by atoms with Crippen LogP contribution in [-0.2, 0) is 0 Å². The lowest BCUT2D eigenvalue weighted by Crippen LogP contribution is -2.41. The maximum Gasteiger partial charge on any atom is 0.256 e. The summed E-state index contributed by atoms with van der Waals surface area (Å²) >= 11 is 0. The van der Waals surface area contributed by atoms with E-state index in [0.29, 0.717) is 23.7 Å². The smallest absolute Gasteiger partial charge is 0.256 e. The molecule has 0 heterocycles. The first-order valence-corrected chi connectivity index (χ1v) is 11.4. The Morgan fingerprint density at radius 1 is 0.829 bits per heavy atom. The van der Waals surface area contributed by atoms with Crippen LogP contribution in [0.25, 0.3) is 0 Å². The van der Waals surface area contributed by atoms with Gasteiger partial charge in [0.2, 0.25) is 0 Å². The maximum absolute atomic E-state index is 14.2. The minimum absolute atomic E-state index is 0.192. The molecule has 0 spiro atoms. The number of hydrogen-bond acceptors (Lipinski definition) is 4. The molecule has 0 aliphatic heterocycles. The predicted molar refractivity (Wildman–Crippen MR) is 128 cm³/mol. The molecule has 2 amide bonds.